The lowest BCUT2D eigenvalue weighted by Gasteiger charge is -2.36. The van der Waals surface area contributed by atoms with Gasteiger partial charge in [0, 0.05) is 17.3 Å². The molecule has 0 aromatic heterocycles. The Bertz CT molecular complexity index is 862. The lowest BCUT2D eigenvalue weighted by Crippen LogP contribution is -2.27. The van der Waals surface area contributed by atoms with Gasteiger partial charge in [-0.2, -0.15) is 0 Å². The van der Waals surface area contributed by atoms with Gasteiger partial charge in [-0.3, -0.25) is 0 Å². The molecule has 2 aromatic rings. The van der Waals surface area contributed by atoms with Crippen LogP contribution in [0.15, 0.2) is 30.3 Å². The number of hydrogen-bond donors (Lipinski definition) is 1. The molecule has 0 spiro atoms. The lowest BCUT2D eigenvalue weighted by molar-refractivity contribution is 0.346. The summed E-state index contributed by atoms with van der Waals surface area (Å²) in [5.41, 5.74) is 6.13. The van der Waals surface area contributed by atoms with Crippen LogP contribution in [0.5, 0.6) is 5.75 Å². The summed E-state index contributed by atoms with van der Waals surface area (Å²) in [6, 6.07) is 11.1. The zero-order valence-corrected chi connectivity index (χ0v) is 21.6. The summed E-state index contributed by atoms with van der Waals surface area (Å²) < 4.78 is 0. The minimum atomic E-state index is -0.0845. The summed E-state index contributed by atoms with van der Waals surface area (Å²) in [7, 11) is 2.81. The maximum absolute atomic E-state index is 11.4. The van der Waals surface area contributed by atoms with Gasteiger partial charge in [0.15, 0.2) is 0 Å². The fourth-order valence-corrected chi connectivity index (χ4v) is 6.03. The number of phenols is 1. The van der Waals surface area contributed by atoms with E-state index in [9.17, 15) is 5.11 Å². The minimum Gasteiger partial charge on any atom is -0.507 e. The highest BCUT2D eigenvalue weighted by Crippen LogP contribution is 2.52. The van der Waals surface area contributed by atoms with Crippen molar-refractivity contribution in [3.8, 4) is 5.75 Å². The van der Waals surface area contributed by atoms with Crippen molar-refractivity contribution in [2.24, 2.45) is 0 Å². The number of benzene rings is 2. The number of phenolic OH excluding ortho intramolecular Hbond substituents is 1. The quantitative estimate of drug-likeness (QED) is 0.470. The molecule has 0 aliphatic carbocycles. The number of aryl methyl sites for hydroxylation is 2. The Morgan fingerprint density at radius 2 is 1.57 bits per heavy atom. The molecule has 0 saturated carbocycles. The van der Waals surface area contributed by atoms with Crippen molar-refractivity contribution in [3.05, 3.63) is 58.1 Å². The fraction of sp³-hybridized carbons (Fsp3) is 0.556. The average Bonchev–Trinajstić information content (AvgIpc) is 2.69. The van der Waals surface area contributed by atoms with Gasteiger partial charge in [0.1, 0.15) is 5.75 Å². The van der Waals surface area contributed by atoms with Crippen molar-refractivity contribution in [1.29, 1.82) is 0 Å². The second-order valence-electron chi connectivity index (χ2n) is 9.81. The van der Waals surface area contributed by atoms with Gasteiger partial charge >= 0.3 is 0 Å². The highest BCUT2D eigenvalue weighted by Gasteiger charge is 2.35. The highest BCUT2D eigenvalue weighted by atomic mass is 31.1. The first-order valence-corrected chi connectivity index (χ1v) is 12.4. The maximum atomic E-state index is 11.4. The van der Waals surface area contributed by atoms with E-state index in [-0.39, 0.29) is 10.6 Å². The van der Waals surface area contributed by atoms with Gasteiger partial charge in [-0.05, 0) is 67.7 Å². The predicted octanol–water partition coefficient (Wildman–Crippen LogP) is 6.78. The molecule has 1 unspecified atom stereocenters. The van der Waals surface area contributed by atoms with Crippen LogP contribution in [-0.4, -0.2) is 23.6 Å². The summed E-state index contributed by atoms with van der Waals surface area (Å²) in [6.07, 6.45) is 2.03. The molecule has 0 aliphatic heterocycles. The van der Waals surface area contributed by atoms with E-state index in [1.54, 1.807) is 0 Å². The van der Waals surface area contributed by atoms with Crippen LogP contribution in [-0.2, 0) is 17.1 Å². The molecule has 2 aromatic carbocycles. The van der Waals surface area contributed by atoms with Gasteiger partial charge in [0.25, 0.3) is 0 Å². The molecule has 0 heterocycles. The number of nitrogens with zero attached hydrogens (tertiary/aromatic N) is 1. The SMILES string of the molecule is CCN(C)Cc1cccc(C)c1PC(CC)(CC)c1cc(C)cc(C(C)(C)C)c1O. The predicted molar refractivity (Wildman–Crippen MR) is 135 cm³/mol. The van der Waals surface area contributed by atoms with Crippen molar-refractivity contribution in [2.45, 2.75) is 85.3 Å². The molecule has 0 fully saturated rings. The first-order valence-electron chi connectivity index (χ1n) is 11.4. The van der Waals surface area contributed by atoms with Gasteiger partial charge in [-0.1, -0.05) is 86.0 Å². The Morgan fingerprint density at radius 1 is 0.967 bits per heavy atom. The second-order valence-corrected chi connectivity index (χ2v) is 11.5. The van der Waals surface area contributed by atoms with Crippen LogP contribution in [0.25, 0.3) is 0 Å². The number of rotatable bonds is 8. The van der Waals surface area contributed by atoms with E-state index in [4.69, 9.17) is 0 Å². The van der Waals surface area contributed by atoms with Gasteiger partial charge in [0.05, 0.1) is 0 Å². The molecule has 1 atom stereocenters. The Kier molecular flexibility index (Phi) is 8.16. The van der Waals surface area contributed by atoms with Crippen LogP contribution in [0.1, 0.15) is 82.2 Å². The van der Waals surface area contributed by atoms with Crippen molar-refractivity contribution in [2.75, 3.05) is 13.6 Å². The van der Waals surface area contributed by atoms with Crippen molar-refractivity contribution >= 4 is 13.9 Å². The molecule has 2 rings (SSSR count). The summed E-state index contributed by atoms with van der Waals surface area (Å²) in [4.78, 5) is 2.37. The largest absolute Gasteiger partial charge is 0.507 e. The summed E-state index contributed by atoms with van der Waals surface area (Å²) >= 11 is 0. The molecular formula is C27H42NOP. The van der Waals surface area contributed by atoms with E-state index in [0.29, 0.717) is 14.3 Å². The molecule has 30 heavy (non-hydrogen) atoms. The molecule has 166 valence electrons. The minimum absolute atomic E-state index is 0.0538. The van der Waals surface area contributed by atoms with Crippen LogP contribution in [0.2, 0.25) is 0 Å². The van der Waals surface area contributed by atoms with Crippen LogP contribution in [0.3, 0.4) is 0 Å². The summed E-state index contributed by atoms with van der Waals surface area (Å²) in [6.45, 7) is 19.7. The Labute approximate surface area is 186 Å². The van der Waals surface area contributed by atoms with Crippen LogP contribution < -0.4 is 5.30 Å². The van der Waals surface area contributed by atoms with E-state index in [1.165, 1.54) is 22.0 Å². The third-order valence-corrected chi connectivity index (χ3v) is 8.91. The van der Waals surface area contributed by atoms with E-state index in [2.05, 4.69) is 97.7 Å². The topological polar surface area (TPSA) is 23.5 Å². The molecule has 0 radical (unpaired) electrons. The number of aromatic hydroxyl groups is 1. The summed E-state index contributed by atoms with van der Waals surface area (Å²) in [5.74, 6) is 0.505. The maximum Gasteiger partial charge on any atom is 0.123 e. The molecule has 1 N–H and O–H groups in total. The average molecular weight is 428 g/mol. The molecular weight excluding hydrogens is 385 g/mol. The third kappa shape index (κ3) is 5.27. The summed E-state index contributed by atoms with van der Waals surface area (Å²) in [5, 5.41) is 12.9. The van der Waals surface area contributed by atoms with Gasteiger partial charge < -0.3 is 10.0 Å². The Morgan fingerprint density at radius 3 is 2.10 bits per heavy atom. The Balaban J connectivity index is 2.66. The van der Waals surface area contributed by atoms with Crippen LogP contribution in [0, 0.1) is 13.8 Å². The molecule has 0 bridgehead atoms. The zero-order chi connectivity index (χ0) is 22.7. The fourth-order valence-electron chi connectivity index (χ4n) is 4.27. The molecule has 0 amide bonds. The van der Waals surface area contributed by atoms with Crippen molar-refractivity contribution in [1.82, 2.24) is 4.90 Å². The second kappa shape index (κ2) is 9.84. The van der Waals surface area contributed by atoms with E-state index < -0.39 is 0 Å². The van der Waals surface area contributed by atoms with Crippen molar-refractivity contribution in [3.63, 3.8) is 0 Å². The molecule has 2 nitrogen and oxygen atoms in total. The van der Waals surface area contributed by atoms with E-state index >= 15 is 0 Å². The molecule has 0 aliphatic rings. The third-order valence-electron chi connectivity index (χ3n) is 6.49. The van der Waals surface area contributed by atoms with E-state index in [0.717, 1.165) is 37.1 Å². The van der Waals surface area contributed by atoms with Crippen molar-refractivity contribution < 1.29 is 5.11 Å². The lowest BCUT2D eigenvalue weighted by atomic mass is 9.81. The van der Waals surface area contributed by atoms with Gasteiger partial charge in [-0.25, -0.2) is 0 Å². The highest BCUT2D eigenvalue weighted by molar-refractivity contribution is 7.48. The van der Waals surface area contributed by atoms with Crippen LogP contribution >= 0.6 is 8.58 Å². The monoisotopic (exact) mass is 427 g/mol. The Hall–Kier alpha value is -1.37. The molecule has 3 heteroatoms. The van der Waals surface area contributed by atoms with Crippen LogP contribution in [0.4, 0.5) is 0 Å². The first kappa shape index (κ1) is 24.9. The van der Waals surface area contributed by atoms with Gasteiger partial charge in [0.2, 0.25) is 0 Å². The van der Waals surface area contributed by atoms with Gasteiger partial charge in [-0.15, -0.1) is 0 Å². The smallest absolute Gasteiger partial charge is 0.123 e. The molecule has 0 saturated heterocycles. The first-order chi connectivity index (χ1) is 14.0. The zero-order valence-electron chi connectivity index (χ0n) is 20.6. The number of hydrogen-bond acceptors (Lipinski definition) is 2. The standard InChI is InChI=1S/C27H42NOP/c1-10-27(11-2,23-17-19(4)16-22(24(23)29)26(6,7)8)30-25-20(5)14-13-15-21(25)18-28(9)12-3/h13-17,29-30H,10-12,18H2,1-9H3. The van der Waals surface area contributed by atoms with E-state index in [1.807, 2.05) is 0 Å². The normalized spacial score (nSPS) is 13.0.